The lowest BCUT2D eigenvalue weighted by Gasteiger charge is -2.32. The molecule has 0 bridgehead atoms. The summed E-state index contributed by atoms with van der Waals surface area (Å²) in [5, 5.41) is 3.53. The first kappa shape index (κ1) is 26.3. The Bertz CT molecular complexity index is 1290. The van der Waals surface area contributed by atoms with E-state index in [1.807, 2.05) is 12.1 Å². The van der Waals surface area contributed by atoms with Crippen molar-refractivity contribution in [3.63, 3.8) is 0 Å². The molecular weight excluding hydrogens is 498 g/mol. The van der Waals surface area contributed by atoms with Crippen LogP contribution in [0.15, 0.2) is 59.6 Å². The third kappa shape index (κ3) is 5.96. The number of hydrogen-bond acceptors (Lipinski definition) is 8. The van der Waals surface area contributed by atoms with E-state index in [2.05, 4.69) is 44.3 Å². The van der Waals surface area contributed by atoms with Crippen molar-refractivity contribution in [3.8, 4) is 0 Å². The van der Waals surface area contributed by atoms with Gasteiger partial charge >= 0.3 is 0 Å². The Morgan fingerprint density at radius 3 is 2.33 bits per heavy atom. The first-order valence-corrected chi connectivity index (χ1v) is 13.5. The molecule has 2 heterocycles. The Balaban J connectivity index is 1.52. The van der Waals surface area contributed by atoms with Crippen LogP contribution in [0.2, 0.25) is 5.02 Å². The third-order valence-corrected chi connectivity index (χ3v) is 8.37. The second-order valence-electron chi connectivity index (χ2n) is 9.08. The van der Waals surface area contributed by atoms with Crippen molar-refractivity contribution in [2.75, 3.05) is 64.6 Å². The van der Waals surface area contributed by atoms with E-state index in [0.717, 1.165) is 38.4 Å². The summed E-state index contributed by atoms with van der Waals surface area (Å²) in [6, 6.07) is 15.0. The van der Waals surface area contributed by atoms with Gasteiger partial charge in [-0.1, -0.05) is 35.9 Å². The molecule has 0 spiro atoms. The minimum absolute atomic E-state index is 0.164. The van der Waals surface area contributed by atoms with Crippen LogP contribution in [0.4, 0.5) is 23.1 Å². The van der Waals surface area contributed by atoms with Gasteiger partial charge in [0.15, 0.2) is 5.82 Å². The summed E-state index contributed by atoms with van der Waals surface area (Å²) in [6.07, 6.45) is 1.51. The second kappa shape index (κ2) is 11.1. The van der Waals surface area contributed by atoms with Gasteiger partial charge < -0.3 is 15.1 Å². The average molecular weight is 530 g/mol. The molecule has 36 heavy (non-hydrogen) atoms. The fraction of sp³-hybridized carbons (Fsp3) is 0.360. The highest BCUT2D eigenvalue weighted by atomic mass is 35.5. The monoisotopic (exact) mass is 529 g/mol. The summed E-state index contributed by atoms with van der Waals surface area (Å²) in [5.74, 6) is 0.753. The fourth-order valence-electron chi connectivity index (χ4n) is 4.00. The van der Waals surface area contributed by atoms with Gasteiger partial charge in [0.25, 0.3) is 0 Å². The van der Waals surface area contributed by atoms with Crippen LogP contribution in [-0.4, -0.2) is 86.9 Å². The second-order valence-corrected chi connectivity index (χ2v) is 11.6. The van der Waals surface area contributed by atoms with Crippen molar-refractivity contribution in [2.45, 2.75) is 11.4 Å². The van der Waals surface area contributed by atoms with Crippen molar-refractivity contribution in [1.82, 2.24) is 24.1 Å². The maximum atomic E-state index is 12.9. The molecule has 0 unspecified atom stereocenters. The van der Waals surface area contributed by atoms with Gasteiger partial charge in [0.2, 0.25) is 16.0 Å². The summed E-state index contributed by atoms with van der Waals surface area (Å²) in [7, 11) is 3.23. The smallest absolute Gasteiger partial charge is 0.244 e. The summed E-state index contributed by atoms with van der Waals surface area (Å²) in [4.78, 5) is 15.5. The molecule has 192 valence electrons. The van der Waals surface area contributed by atoms with Gasteiger partial charge in [-0.3, -0.25) is 4.90 Å². The minimum Gasteiger partial charge on any atom is -0.327 e. The number of nitrogens with one attached hydrogen (secondary N) is 1. The van der Waals surface area contributed by atoms with Crippen molar-refractivity contribution in [2.24, 2.45) is 0 Å². The van der Waals surface area contributed by atoms with Crippen LogP contribution in [-0.2, 0) is 16.6 Å². The number of rotatable bonds is 8. The Labute approximate surface area is 218 Å². The molecule has 1 aromatic heterocycles. The molecule has 3 aromatic rings. The fourth-order valence-corrected chi connectivity index (χ4v) is 5.33. The molecule has 1 aliphatic rings. The van der Waals surface area contributed by atoms with Crippen LogP contribution in [0.1, 0.15) is 5.56 Å². The first-order valence-electron chi connectivity index (χ1n) is 11.7. The summed E-state index contributed by atoms with van der Waals surface area (Å²) in [5.41, 5.74) is 2.57. The van der Waals surface area contributed by atoms with Gasteiger partial charge in [-0.15, -0.1) is 0 Å². The van der Waals surface area contributed by atoms with Gasteiger partial charge in [-0.05, 0) is 36.9 Å². The molecule has 2 aromatic carbocycles. The van der Waals surface area contributed by atoms with E-state index in [1.165, 1.54) is 30.2 Å². The van der Waals surface area contributed by atoms with Crippen molar-refractivity contribution in [3.05, 3.63) is 65.3 Å². The van der Waals surface area contributed by atoms with E-state index in [9.17, 15) is 8.42 Å². The molecule has 4 rings (SSSR count). The quantitative estimate of drug-likeness (QED) is 0.473. The molecule has 0 aliphatic carbocycles. The lowest BCUT2D eigenvalue weighted by Crippen LogP contribution is -2.43. The molecule has 11 heteroatoms. The van der Waals surface area contributed by atoms with E-state index < -0.39 is 10.0 Å². The van der Waals surface area contributed by atoms with Crippen LogP contribution >= 0.6 is 11.6 Å². The molecular formula is C25H32ClN7O2S. The molecule has 1 aliphatic heterocycles. The van der Waals surface area contributed by atoms with Crippen LogP contribution in [0.3, 0.4) is 0 Å². The number of sulfonamides is 1. The van der Waals surface area contributed by atoms with E-state index in [4.69, 9.17) is 11.6 Å². The number of halogens is 1. The largest absolute Gasteiger partial charge is 0.327 e. The van der Waals surface area contributed by atoms with Gasteiger partial charge in [-0.2, -0.15) is 4.98 Å². The Kier molecular flexibility index (Phi) is 8.11. The summed E-state index contributed by atoms with van der Waals surface area (Å²) < 4.78 is 26.9. The van der Waals surface area contributed by atoms with E-state index in [1.54, 1.807) is 36.2 Å². The topological polar surface area (TPSA) is 84.9 Å². The maximum Gasteiger partial charge on any atom is 0.244 e. The van der Waals surface area contributed by atoms with Gasteiger partial charge in [0, 0.05) is 59.6 Å². The number of nitrogens with zero attached hydrogens (tertiary/aromatic N) is 6. The van der Waals surface area contributed by atoms with E-state index in [-0.39, 0.29) is 4.90 Å². The van der Waals surface area contributed by atoms with E-state index in [0.29, 0.717) is 22.5 Å². The van der Waals surface area contributed by atoms with Gasteiger partial charge in [0.1, 0.15) is 9.92 Å². The Hall–Kier alpha value is -2.76. The van der Waals surface area contributed by atoms with Crippen LogP contribution in [0.5, 0.6) is 0 Å². The molecule has 0 atom stereocenters. The normalized spacial score (nSPS) is 15.3. The Morgan fingerprint density at radius 2 is 1.67 bits per heavy atom. The number of anilines is 4. The lowest BCUT2D eigenvalue weighted by molar-refractivity contribution is 0.148. The van der Waals surface area contributed by atoms with Gasteiger partial charge in [-0.25, -0.2) is 17.7 Å². The zero-order valence-corrected chi connectivity index (χ0v) is 22.6. The number of hydrogen-bond donors (Lipinski definition) is 1. The van der Waals surface area contributed by atoms with Crippen molar-refractivity contribution < 1.29 is 8.42 Å². The molecule has 0 saturated carbocycles. The number of likely N-dealkylation sites (N-methyl/N-ethyl adjacent to an activating group) is 1. The predicted octanol–water partition coefficient (Wildman–Crippen LogP) is 3.64. The highest BCUT2D eigenvalue weighted by Crippen LogP contribution is 2.34. The number of benzene rings is 2. The molecule has 9 nitrogen and oxygen atoms in total. The number of aromatic nitrogens is 2. The SMILES string of the molecule is CN1CCN(Cc2ccc(Nc3ncc(Cl)c(N(C)c4ccccc4S(=O)(=O)N(C)C)n3)cc2)CC1. The third-order valence-electron chi connectivity index (χ3n) is 6.24. The van der Waals surface area contributed by atoms with Crippen LogP contribution in [0.25, 0.3) is 0 Å². The van der Waals surface area contributed by atoms with Crippen LogP contribution < -0.4 is 10.2 Å². The zero-order valence-electron chi connectivity index (χ0n) is 21.0. The summed E-state index contributed by atoms with van der Waals surface area (Å²) >= 11 is 6.43. The molecule has 1 N–H and O–H groups in total. The molecule has 1 fully saturated rings. The summed E-state index contributed by atoms with van der Waals surface area (Å²) in [6.45, 7) is 5.26. The highest BCUT2D eigenvalue weighted by Gasteiger charge is 2.24. The van der Waals surface area contributed by atoms with E-state index >= 15 is 0 Å². The zero-order chi connectivity index (χ0) is 25.9. The first-order chi connectivity index (χ1) is 17.1. The molecule has 0 radical (unpaired) electrons. The van der Waals surface area contributed by atoms with Crippen LogP contribution in [0, 0.1) is 0 Å². The lowest BCUT2D eigenvalue weighted by atomic mass is 10.2. The maximum absolute atomic E-state index is 12.9. The molecule has 1 saturated heterocycles. The predicted molar refractivity (Wildman–Crippen MR) is 145 cm³/mol. The standard InChI is InChI=1S/C25H32ClN7O2S/c1-30(2)36(34,35)23-8-6-5-7-22(23)32(4)24-21(26)17-27-25(29-24)28-20-11-9-19(10-12-20)18-33-15-13-31(3)14-16-33/h5-12,17H,13-16,18H2,1-4H3,(H,27,28,29). The highest BCUT2D eigenvalue weighted by molar-refractivity contribution is 7.89. The number of para-hydroxylation sites is 1. The Morgan fingerprint density at radius 1 is 1.00 bits per heavy atom. The average Bonchev–Trinajstić information content (AvgIpc) is 2.87. The minimum atomic E-state index is -3.67. The molecule has 0 amide bonds. The van der Waals surface area contributed by atoms with Crippen molar-refractivity contribution in [1.29, 1.82) is 0 Å². The number of piperazine rings is 1. The van der Waals surface area contributed by atoms with Crippen molar-refractivity contribution >= 4 is 44.8 Å². The van der Waals surface area contributed by atoms with Gasteiger partial charge in [0.05, 0.1) is 11.9 Å².